The number of carbonyl (C=O) groups excluding carboxylic acids is 1. The number of anilines is 1. The van der Waals surface area contributed by atoms with Crippen LogP contribution in [0, 0.1) is 3.57 Å². The number of carbonyl (C=O) groups is 2. The van der Waals surface area contributed by atoms with Gasteiger partial charge in [0.1, 0.15) is 4.88 Å². The van der Waals surface area contributed by atoms with Gasteiger partial charge in [-0.15, -0.1) is 11.3 Å². The van der Waals surface area contributed by atoms with E-state index in [-0.39, 0.29) is 10.8 Å². The average Bonchev–Trinajstić information content (AvgIpc) is 2.77. The van der Waals surface area contributed by atoms with Gasteiger partial charge in [-0.2, -0.15) is 0 Å². The number of nitrogens with one attached hydrogen (secondary N) is 1. The Bertz CT molecular complexity index is 609. The Kier molecular flexibility index (Phi) is 3.97. The molecular formula is C12H8INO3S. The molecule has 0 spiro atoms. The zero-order valence-corrected chi connectivity index (χ0v) is 12.0. The Balaban J connectivity index is 2.21. The van der Waals surface area contributed by atoms with Gasteiger partial charge in [0.25, 0.3) is 5.91 Å². The minimum Gasteiger partial charge on any atom is -0.477 e. The lowest BCUT2D eigenvalue weighted by molar-refractivity contribution is 0.0703. The number of halogens is 1. The van der Waals surface area contributed by atoms with Crippen molar-refractivity contribution in [1.29, 1.82) is 0 Å². The van der Waals surface area contributed by atoms with Gasteiger partial charge in [0.2, 0.25) is 0 Å². The number of benzene rings is 1. The fourth-order valence-corrected chi connectivity index (χ4v) is 2.63. The SMILES string of the molecule is O=C(Nc1ccsc1C(=O)O)c1cccc(I)c1. The van der Waals surface area contributed by atoms with E-state index in [4.69, 9.17) is 5.11 Å². The van der Waals surface area contributed by atoms with E-state index >= 15 is 0 Å². The summed E-state index contributed by atoms with van der Waals surface area (Å²) in [6.45, 7) is 0. The van der Waals surface area contributed by atoms with Gasteiger partial charge in [0, 0.05) is 9.13 Å². The maximum atomic E-state index is 11.9. The summed E-state index contributed by atoms with van der Waals surface area (Å²) in [4.78, 5) is 23.0. The normalized spacial score (nSPS) is 10.1. The summed E-state index contributed by atoms with van der Waals surface area (Å²) < 4.78 is 0.948. The van der Waals surface area contributed by atoms with Gasteiger partial charge in [-0.25, -0.2) is 4.79 Å². The molecule has 0 aliphatic rings. The average molecular weight is 373 g/mol. The number of aromatic carboxylic acids is 1. The molecule has 0 atom stereocenters. The summed E-state index contributed by atoms with van der Waals surface area (Å²) >= 11 is 3.20. The maximum absolute atomic E-state index is 11.9. The second-order valence-electron chi connectivity index (χ2n) is 3.43. The Morgan fingerprint density at radius 2 is 2.06 bits per heavy atom. The zero-order valence-electron chi connectivity index (χ0n) is 9.01. The number of amides is 1. The van der Waals surface area contributed by atoms with Crippen LogP contribution in [0.3, 0.4) is 0 Å². The monoisotopic (exact) mass is 373 g/mol. The summed E-state index contributed by atoms with van der Waals surface area (Å²) in [7, 11) is 0. The second kappa shape index (κ2) is 5.49. The van der Waals surface area contributed by atoms with Gasteiger partial charge >= 0.3 is 5.97 Å². The zero-order chi connectivity index (χ0) is 13.1. The highest BCUT2D eigenvalue weighted by Gasteiger charge is 2.14. The topological polar surface area (TPSA) is 66.4 Å². The molecule has 1 heterocycles. The minimum absolute atomic E-state index is 0.133. The van der Waals surface area contributed by atoms with Gasteiger partial charge < -0.3 is 10.4 Å². The molecule has 1 amide bonds. The van der Waals surface area contributed by atoms with E-state index in [9.17, 15) is 9.59 Å². The standard InChI is InChI=1S/C12H8INO3S/c13-8-3-1-2-7(6-8)11(15)14-9-4-5-18-10(9)12(16)17/h1-6H,(H,14,15)(H,16,17). The highest BCUT2D eigenvalue weighted by Crippen LogP contribution is 2.22. The Morgan fingerprint density at radius 3 is 2.72 bits per heavy atom. The van der Waals surface area contributed by atoms with Crippen LogP contribution in [-0.2, 0) is 0 Å². The van der Waals surface area contributed by atoms with E-state index in [0.29, 0.717) is 11.3 Å². The first kappa shape index (κ1) is 13.0. The van der Waals surface area contributed by atoms with E-state index < -0.39 is 5.97 Å². The molecule has 18 heavy (non-hydrogen) atoms. The van der Waals surface area contributed by atoms with Gasteiger partial charge in [-0.3, -0.25) is 4.79 Å². The molecule has 1 aromatic heterocycles. The summed E-state index contributed by atoms with van der Waals surface area (Å²) in [6.07, 6.45) is 0. The lowest BCUT2D eigenvalue weighted by atomic mass is 10.2. The third kappa shape index (κ3) is 2.88. The van der Waals surface area contributed by atoms with Crippen molar-refractivity contribution in [1.82, 2.24) is 0 Å². The van der Waals surface area contributed by atoms with E-state index in [1.54, 1.807) is 29.6 Å². The molecule has 6 heteroatoms. The van der Waals surface area contributed by atoms with Crippen LogP contribution in [-0.4, -0.2) is 17.0 Å². The third-order valence-electron chi connectivity index (χ3n) is 2.19. The molecule has 0 aliphatic heterocycles. The van der Waals surface area contributed by atoms with Crippen LogP contribution >= 0.6 is 33.9 Å². The number of carboxylic acid groups (broad SMARTS) is 1. The van der Waals surface area contributed by atoms with Crippen LogP contribution < -0.4 is 5.32 Å². The minimum atomic E-state index is -1.04. The predicted molar refractivity (Wildman–Crippen MR) is 78.4 cm³/mol. The van der Waals surface area contributed by atoms with Crippen molar-refractivity contribution >= 4 is 51.5 Å². The molecule has 2 aromatic rings. The van der Waals surface area contributed by atoms with Crippen molar-refractivity contribution in [3.05, 3.63) is 49.7 Å². The van der Waals surface area contributed by atoms with Crippen molar-refractivity contribution in [3.8, 4) is 0 Å². The van der Waals surface area contributed by atoms with Gasteiger partial charge in [-0.05, 0) is 52.2 Å². The molecule has 2 N–H and O–H groups in total. The molecule has 4 nitrogen and oxygen atoms in total. The van der Waals surface area contributed by atoms with Crippen molar-refractivity contribution in [3.63, 3.8) is 0 Å². The molecule has 92 valence electrons. The maximum Gasteiger partial charge on any atom is 0.348 e. The molecule has 0 bridgehead atoms. The van der Waals surface area contributed by atoms with Crippen molar-refractivity contribution in [2.24, 2.45) is 0 Å². The number of carboxylic acids is 1. The van der Waals surface area contributed by atoms with Gasteiger partial charge in [-0.1, -0.05) is 6.07 Å². The number of rotatable bonds is 3. The first-order valence-electron chi connectivity index (χ1n) is 4.95. The fourth-order valence-electron chi connectivity index (χ4n) is 1.40. The van der Waals surface area contributed by atoms with E-state index in [2.05, 4.69) is 27.9 Å². The molecule has 0 aliphatic carbocycles. The first-order valence-corrected chi connectivity index (χ1v) is 6.91. The van der Waals surface area contributed by atoms with Crippen molar-refractivity contribution in [2.75, 3.05) is 5.32 Å². The number of hydrogen-bond acceptors (Lipinski definition) is 3. The second-order valence-corrected chi connectivity index (χ2v) is 5.59. The van der Waals surface area contributed by atoms with E-state index in [0.717, 1.165) is 14.9 Å². The largest absolute Gasteiger partial charge is 0.477 e. The summed E-state index contributed by atoms with van der Waals surface area (Å²) in [6, 6.07) is 8.67. The van der Waals surface area contributed by atoms with Gasteiger partial charge in [0.05, 0.1) is 5.69 Å². The van der Waals surface area contributed by atoms with Crippen LogP contribution in [0.4, 0.5) is 5.69 Å². The lowest BCUT2D eigenvalue weighted by Gasteiger charge is -2.04. The van der Waals surface area contributed by atoms with Crippen LogP contribution in [0.15, 0.2) is 35.7 Å². The molecule has 0 unspecified atom stereocenters. The molecule has 0 radical (unpaired) electrons. The number of thiophene rings is 1. The fraction of sp³-hybridized carbons (Fsp3) is 0. The summed E-state index contributed by atoms with van der Waals surface area (Å²) in [5.74, 6) is -1.35. The Morgan fingerprint density at radius 1 is 1.28 bits per heavy atom. The predicted octanol–water partition coefficient (Wildman–Crippen LogP) is 3.30. The van der Waals surface area contributed by atoms with Crippen molar-refractivity contribution in [2.45, 2.75) is 0 Å². The van der Waals surface area contributed by atoms with Crippen LogP contribution in [0.5, 0.6) is 0 Å². The Labute approximate surface area is 121 Å². The first-order chi connectivity index (χ1) is 8.58. The molecule has 1 aromatic carbocycles. The van der Waals surface area contributed by atoms with E-state index in [1.807, 2.05) is 6.07 Å². The quantitative estimate of drug-likeness (QED) is 0.812. The van der Waals surface area contributed by atoms with Crippen LogP contribution in [0.1, 0.15) is 20.0 Å². The highest BCUT2D eigenvalue weighted by molar-refractivity contribution is 14.1. The van der Waals surface area contributed by atoms with Crippen molar-refractivity contribution < 1.29 is 14.7 Å². The van der Waals surface area contributed by atoms with Crippen LogP contribution in [0.25, 0.3) is 0 Å². The smallest absolute Gasteiger partial charge is 0.348 e. The third-order valence-corrected chi connectivity index (χ3v) is 3.77. The van der Waals surface area contributed by atoms with E-state index in [1.165, 1.54) is 0 Å². The molecule has 0 saturated heterocycles. The number of hydrogen-bond donors (Lipinski definition) is 2. The molecular weight excluding hydrogens is 365 g/mol. The highest BCUT2D eigenvalue weighted by atomic mass is 127. The van der Waals surface area contributed by atoms with Crippen LogP contribution in [0.2, 0.25) is 0 Å². The van der Waals surface area contributed by atoms with Gasteiger partial charge in [0.15, 0.2) is 0 Å². The summed E-state index contributed by atoms with van der Waals surface area (Å²) in [5, 5.41) is 13.2. The molecule has 0 saturated carbocycles. The lowest BCUT2D eigenvalue weighted by Crippen LogP contribution is -2.13. The molecule has 2 rings (SSSR count). The molecule has 0 fully saturated rings. The summed E-state index contributed by atoms with van der Waals surface area (Å²) in [5.41, 5.74) is 0.834. The Hall–Kier alpha value is -1.41.